The minimum atomic E-state index is -0.0967. The maximum absolute atomic E-state index is 11.6. The molecule has 266 valence electrons. The summed E-state index contributed by atoms with van der Waals surface area (Å²) in [6, 6.07) is 11.2. The molecular formula is C36H50N6O7. The molecule has 0 radical (unpaired) electrons. The van der Waals surface area contributed by atoms with Crippen molar-refractivity contribution in [1.29, 1.82) is 0 Å². The van der Waals surface area contributed by atoms with Gasteiger partial charge in [0, 0.05) is 23.2 Å². The SMILES string of the molecule is C.C.COC(=O)C1CCN(Cc2ncc3cc(OC)ccc3n2)CC1.COC(=O)C1CCNCC1.COc1ccc2nc(C=O)ncc2c1. The zero-order valence-corrected chi connectivity index (χ0v) is 27.3. The Hall–Kier alpha value is -4.75. The molecule has 2 fully saturated rings. The van der Waals surface area contributed by atoms with E-state index in [-0.39, 0.29) is 44.5 Å². The van der Waals surface area contributed by atoms with Gasteiger partial charge in [-0.2, -0.15) is 0 Å². The third-order valence-electron chi connectivity index (χ3n) is 8.11. The van der Waals surface area contributed by atoms with Crippen LogP contribution >= 0.6 is 0 Å². The van der Waals surface area contributed by atoms with Gasteiger partial charge >= 0.3 is 11.9 Å². The minimum absolute atomic E-state index is 0. The maximum atomic E-state index is 11.6. The minimum Gasteiger partial charge on any atom is -0.497 e. The molecule has 2 aromatic heterocycles. The topological polar surface area (TPSA) is 155 Å². The Labute approximate surface area is 288 Å². The van der Waals surface area contributed by atoms with Crippen molar-refractivity contribution in [3.05, 3.63) is 60.4 Å². The summed E-state index contributed by atoms with van der Waals surface area (Å²) in [6.45, 7) is 4.32. The number of likely N-dealkylation sites (tertiary alicyclic amines) is 1. The van der Waals surface area contributed by atoms with Crippen molar-refractivity contribution in [1.82, 2.24) is 30.2 Å². The third kappa shape index (κ3) is 11.7. The largest absolute Gasteiger partial charge is 0.497 e. The number of fused-ring (bicyclic) bond motifs is 2. The van der Waals surface area contributed by atoms with Crippen LogP contribution in [0, 0.1) is 11.8 Å². The molecule has 0 saturated carbocycles. The molecule has 2 aliphatic heterocycles. The quantitative estimate of drug-likeness (QED) is 0.208. The summed E-state index contributed by atoms with van der Waals surface area (Å²) < 4.78 is 19.7. The lowest BCUT2D eigenvalue weighted by Crippen LogP contribution is -2.36. The van der Waals surface area contributed by atoms with Crippen LogP contribution in [0.5, 0.6) is 11.5 Å². The Morgan fingerprint density at radius 2 is 1.29 bits per heavy atom. The first-order valence-electron chi connectivity index (χ1n) is 15.5. The number of piperidine rings is 2. The van der Waals surface area contributed by atoms with Crippen LogP contribution in [-0.2, 0) is 25.6 Å². The number of aldehydes is 1. The Kier molecular flexibility index (Phi) is 17.0. The highest BCUT2D eigenvalue weighted by molar-refractivity contribution is 5.82. The second-order valence-corrected chi connectivity index (χ2v) is 11.1. The molecule has 0 atom stereocenters. The first-order chi connectivity index (χ1) is 22.9. The predicted molar refractivity (Wildman–Crippen MR) is 189 cm³/mol. The molecule has 4 heterocycles. The molecule has 0 bridgehead atoms. The van der Waals surface area contributed by atoms with Crippen LogP contribution in [0.15, 0.2) is 48.8 Å². The monoisotopic (exact) mass is 678 g/mol. The van der Waals surface area contributed by atoms with E-state index in [0.717, 1.165) is 91.0 Å². The van der Waals surface area contributed by atoms with Crippen LogP contribution in [-0.4, -0.2) is 97.7 Å². The maximum Gasteiger partial charge on any atom is 0.308 e. The van der Waals surface area contributed by atoms with Crippen LogP contribution in [0.25, 0.3) is 21.8 Å². The van der Waals surface area contributed by atoms with Crippen molar-refractivity contribution >= 4 is 40.0 Å². The van der Waals surface area contributed by atoms with Crippen LogP contribution in [0.1, 0.15) is 57.0 Å². The molecular weight excluding hydrogens is 628 g/mol. The number of rotatable bonds is 7. The third-order valence-corrected chi connectivity index (χ3v) is 8.11. The van der Waals surface area contributed by atoms with Gasteiger partial charge < -0.3 is 24.3 Å². The van der Waals surface area contributed by atoms with E-state index in [0.29, 0.717) is 12.8 Å². The van der Waals surface area contributed by atoms with E-state index in [9.17, 15) is 14.4 Å². The van der Waals surface area contributed by atoms with Gasteiger partial charge in [-0.1, -0.05) is 14.9 Å². The number of hydrogen-bond acceptors (Lipinski definition) is 13. The molecule has 0 spiro atoms. The van der Waals surface area contributed by atoms with E-state index in [1.807, 2.05) is 30.5 Å². The lowest BCUT2D eigenvalue weighted by molar-refractivity contribution is -0.147. The first-order valence-corrected chi connectivity index (χ1v) is 15.5. The van der Waals surface area contributed by atoms with E-state index in [2.05, 4.69) is 34.9 Å². The Morgan fingerprint density at radius 3 is 1.80 bits per heavy atom. The van der Waals surface area contributed by atoms with Gasteiger partial charge in [0.25, 0.3) is 0 Å². The van der Waals surface area contributed by atoms with Crippen molar-refractivity contribution < 1.29 is 33.3 Å². The van der Waals surface area contributed by atoms with Crippen molar-refractivity contribution in [3.63, 3.8) is 0 Å². The van der Waals surface area contributed by atoms with Crippen LogP contribution in [0.2, 0.25) is 0 Å². The second-order valence-electron chi connectivity index (χ2n) is 11.1. The fourth-order valence-electron chi connectivity index (χ4n) is 5.38. The van der Waals surface area contributed by atoms with Crippen molar-refractivity contribution in [2.24, 2.45) is 11.8 Å². The van der Waals surface area contributed by atoms with Crippen molar-refractivity contribution in [2.45, 2.75) is 47.1 Å². The number of nitrogens with zero attached hydrogens (tertiary/aromatic N) is 5. The summed E-state index contributed by atoms with van der Waals surface area (Å²) in [5.74, 6) is 2.58. The highest BCUT2D eigenvalue weighted by Crippen LogP contribution is 2.22. The zero-order valence-electron chi connectivity index (χ0n) is 27.3. The summed E-state index contributed by atoms with van der Waals surface area (Å²) in [4.78, 5) is 52.1. The Bertz CT molecular complexity index is 1640. The van der Waals surface area contributed by atoms with Crippen LogP contribution in [0.4, 0.5) is 0 Å². The summed E-state index contributed by atoms with van der Waals surface area (Å²) in [5, 5.41) is 5.01. The lowest BCUT2D eigenvalue weighted by atomic mass is 9.97. The number of esters is 2. The molecule has 2 aliphatic rings. The van der Waals surface area contributed by atoms with Gasteiger partial charge in [0.1, 0.15) is 17.3 Å². The number of methoxy groups -OCH3 is 4. The summed E-state index contributed by atoms with van der Waals surface area (Å²) in [7, 11) is 6.15. The number of benzene rings is 2. The number of nitrogens with one attached hydrogen (secondary N) is 1. The molecule has 13 nitrogen and oxygen atoms in total. The molecule has 0 aliphatic carbocycles. The molecule has 2 aromatic carbocycles. The molecule has 2 saturated heterocycles. The van der Waals surface area contributed by atoms with E-state index >= 15 is 0 Å². The van der Waals surface area contributed by atoms with Crippen LogP contribution < -0.4 is 14.8 Å². The van der Waals surface area contributed by atoms with E-state index in [1.54, 1.807) is 32.5 Å². The smallest absolute Gasteiger partial charge is 0.308 e. The first kappa shape index (κ1) is 40.4. The fourth-order valence-corrected chi connectivity index (χ4v) is 5.38. The van der Waals surface area contributed by atoms with Gasteiger partial charge in [-0.15, -0.1) is 0 Å². The van der Waals surface area contributed by atoms with Gasteiger partial charge in [-0.25, -0.2) is 19.9 Å². The van der Waals surface area contributed by atoms with Gasteiger partial charge in [0.15, 0.2) is 12.1 Å². The number of aromatic nitrogens is 4. The van der Waals surface area contributed by atoms with Gasteiger partial charge in [0.2, 0.25) is 0 Å². The Morgan fingerprint density at radius 1 is 0.776 bits per heavy atom. The Balaban J connectivity index is 0.000000274. The van der Waals surface area contributed by atoms with Crippen molar-refractivity contribution in [3.8, 4) is 11.5 Å². The normalized spacial score (nSPS) is 14.8. The second kappa shape index (κ2) is 20.6. The molecule has 0 unspecified atom stereocenters. The molecule has 13 heteroatoms. The number of carbonyl (C=O) groups excluding carboxylic acids is 3. The molecule has 4 aromatic rings. The number of carbonyl (C=O) groups is 3. The lowest BCUT2D eigenvalue weighted by Gasteiger charge is -2.29. The van der Waals surface area contributed by atoms with Gasteiger partial charge in [-0.3, -0.25) is 19.3 Å². The average molecular weight is 679 g/mol. The highest BCUT2D eigenvalue weighted by atomic mass is 16.5. The molecule has 49 heavy (non-hydrogen) atoms. The van der Waals surface area contributed by atoms with E-state index in [1.165, 1.54) is 14.2 Å². The average Bonchev–Trinajstić information content (AvgIpc) is 3.14. The van der Waals surface area contributed by atoms with Gasteiger partial charge in [-0.05, 0) is 88.3 Å². The van der Waals surface area contributed by atoms with E-state index in [4.69, 9.17) is 14.2 Å². The predicted octanol–water partition coefficient (Wildman–Crippen LogP) is 4.91. The molecule has 1 N–H and O–H groups in total. The highest BCUT2D eigenvalue weighted by Gasteiger charge is 2.26. The standard InChI is InChI=1S/C17H21N3O3.C10H8N2O2.C7H13NO2.2CH4/c1-22-14-3-4-15-13(9-14)10-18-16(19-15)11-20-7-5-12(6-8-20)17(21)23-2;1-14-8-2-3-9-7(4-8)5-11-10(6-13)12-9;1-10-7(9)6-2-4-8-5-3-6;;/h3-4,9-10,12H,5-8,11H2,1-2H3;2-6H,1H3;6,8H,2-5H2,1H3;2*1H4. The number of ether oxygens (including phenoxy) is 4. The summed E-state index contributed by atoms with van der Waals surface area (Å²) >= 11 is 0. The summed E-state index contributed by atoms with van der Waals surface area (Å²) in [5.41, 5.74) is 1.66. The van der Waals surface area contributed by atoms with Gasteiger partial charge in [0.05, 0.1) is 57.9 Å². The molecule has 6 rings (SSSR count). The summed E-state index contributed by atoms with van der Waals surface area (Å²) in [6.07, 6.45) is 7.58. The zero-order chi connectivity index (χ0) is 33.6. The van der Waals surface area contributed by atoms with E-state index < -0.39 is 0 Å². The number of hydrogen-bond donors (Lipinski definition) is 1. The van der Waals surface area contributed by atoms with Crippen molar-refractivity contribution in [2.75, 3.05) is 54.6 Å². The van der Waals surface area contributed by atoms with Crippen LogP contribution in [0.3, 0.4) is 0 Å². The molecule has 0 amide bonds. The fraction of sp³-hybridized carbons (Fsp3) is 0.472.